The van der Waals surface area contributed by atoms with Gasteiger partial charge in [0.1, 0.15) is 0 Å². The van der Waals surface area contributed by atoms with Crippen molar-refractivity contribution in [1.29, 1.82) is 5.41 Å². The van der Waals surface area contributed by atoms with Gasteiger partial charge in [0.25, 0.3) is 0 Å². The molecule has 0 saturated carbocycles. The average molecular weight is 362 g/mol. The normalized spacial score (nSPS) is 26.5. The second kappa shape index (κ2) is 6.34. The molecule has 0 unspecified atom stereocenters. The van der Waals surface area contributed by atoms with E-state index in [0.717, 1.165) is 5.03 Å². The fourth-order valence-corrected chi connectivity index (χ4v) is 4.84. The number of aromatic nitrogens is 1. The van der Waals surface area contributed by atoms with Crippen molar-refractivity contribution in [1.82, 2.24) is 9.47 Å². The zero-order valence-corrected chi connectivity index (χ0v) is 15.0. The zero-order valence-electron chi connectivity index (χ0n) is 14.2. The summed E-state index contributed by atoms with van der Waals surface area (Å²) in [7, 11) is 1.86. The zero-order chi connectivity index (χ0) is 18.5. The van der Waals surface area contributed by atoms with E-state index in [1.807, 2.05) is 18.5 Å². The number of amides is 1. The van der Waals surface area contributed by atoms with E-state index in [4.69, 9.17) is 5.41 Å². The van der Waals surface area contributed by atoms with Crippen LogP contribution in [0, 0.1) is 17.2 Å². The number of nitrogens with zero attached hydrogens (tertiary/aromatic N) is 2. The summed E-state index contributed by atoms with van der Waals surface area (Å²) < 4.78 is 1.86. The number of pyridine rings is 1. The second-order valence-corrected chi connectivity index (χ2v) is 7.56. The molecule has 1 fully saturated rings. The summed E-state index contributed by atoms with van der Waals surface area (Å²) >= 11 is 1.42. The van der Waals surface area contributed by atoms with Gasteiger partial charge < -0.3 is 29.9 Å². The molecule has 0 spiro atoms. The maximum atomic E-state index is 12.3. The topological polar surface area (TPSA) is 109 Å². The Labute approximate surface area is 149 Å². The number of carboxylic acids is 1. The highest BCUT2D eigenvalue weighted by molar-refractivity contribution is 7.99. The number of carboxylic acid groups (broad SMARTS) is 1. The number of hydrogen-bond acceptors (Lipinski definition) is 6. The van der Waals surface area contributed by atoms with E-state index in [1.54, 1.807) is 25.3 Å². The van der Waals surface area contributed by atoms with Crippen molar-refractivity contribution in [3.05, 3.63) is 35.0 Å². The number of aliphatic carboxylic acids is 1. The van der Waals surface area contributed by atoms with Crippen LogP contribution < -0.4 is 10.5 Å². The number of rotatable bonds is 5. The molecule has 2 aliphatic rings. The van der Waals surface area contributed by atoms with E-state index >= 15 is 0 Å². The van der Waals surface area contributed by atoms with Gasteiger partial charge in [-0.15, -0.1) is 11.8 Å². The lowest BCUT2D eigenvalue weighted by Crippen LogP contribution is -2.64. The smallest absolute Gasteiger partial charge is 0.235 e. The fourth-order valence-electron chi connectivity index (χ4n) is 3.67. The Hall–Kier alpha value is -2.06. The molecule has 1 amide bonds. The number of fused-ring (bicyclic) bond motifs is 1. The van der Waals surface area contributed by atoms with Crippen LogP contribution in [-0.4, -0.2) is 44.3 Å². The predicted molar refractivity (Wildman–Crippen MR) is 89.0 cm³/mol. The molecule has 0 aromatic carbocycles. The molecule has 134 valence electrons. The summed E-state index contributed by atoms with van der Waals surface area (Å²) in [6.07, 6.45) is 0.959. The van der Waals surface area contributed by atoms with Crippen molar-refractivity contribution in [2.24, 2.45) is 18.9 Å². The van der Waals surface area contributed by atoms with Crippen molar-refractivity contribution in [3.63, 3.8) is 0 Å². The third-order valence-electron chi connectivity index (χ3n) is 4.99. The number of β-lactam (4-membered cyclic amide) rings is 1. The number of aliphatic hydroxyl groups excluding tert-OH is 1. The molecule has 25 heavy (non-hydrogen) atoms. The summed E-state index contributed by atoms with van der Waals surface area (Å²) in [5.74, 6) is -2.07. The molecule has 1 saturated heterocycles. The number of nitrogens with one attached hydrogen (secondary N) is 1. The van der Waals surface area contributed by atoms with Gasteiger partial charge in [-0.1, -0.05) is 6.92 Å². The Morgan fingerprint density at radius 2 is 2.20 bits per heavy atom. The van der Waals surface area contributed by atoms with E-state index in [2.05, 4.69) is 0 Å². The molecular weight excluding hydrogens is 342 g/mol. The summed E-state index contributed by atoms with van der Waals surface area (Å²) in [6, 6.07) is 3.06. The fraction of sp³-hybridized carbons (Fsp3) is 0.471. The second-order valence-electron chi connectivity index (χ2n) is 6.57. The van der Waals surface area contributed by atoms with Crippen LogP contribution in [0.1, 0.15) is 13.8 Å². The summed E-state index contributed by atoms with van der Waals surface area (Å²) in [4.78, 5) is 25.2. The Bertz CT molecular complexity index is 829. The van der Waals surface area contributed by atoms with E-state index in [9.17, 15) is 19.8 Å². The van der Waals surface area contributed by atoms with Gasteiger partial charge in [0.2, 0.25) is 5.91 Å². The lowest BCUT2D eigenvalue weighted by Gasteiger charge is -2.47. The molecule has 0 aliphatic carbocycles. The highest BCUT2D eigenvalue weighted by Crippen LogP contribution is 2.47. The lowest BCUT2D eigenvalue weighted by atomic mass is 9.78. The van der Waals surface area contributed by atoms with Gasteiger partial charge in [0.15, 0.2) is 0 Å². The van der Waals surface area contributed by atoms with E-state index in [0.29, 0.717) is 16.7 Å². The van der Waals surface area contributed by atoms with Crippen molar-refractivity contribution >= 4 is 23.6 Å². The molecular formula is C17H20N3O4S-. The SMILES string of the molecule is C[C@@H](O)[C@H]1C(=O)N2C(C(=O)[O-])=C(CSc3cc(=N)ccn3C)[C@H](C)[C@H]12. The standard InChI is InChI=1S/C17H21N3O4S/c1-8-11(7-25-12-6-10(18)4-5-19(12)3)15(17(23)24)20-14(8)13(9(2)21)16(20)22/h4-6,8-9,13-14,18,21H,7H2,1-3H3,(H,23,24)/p-1/t8-,9+,13+,14+/m0/s1. The minimum absolute atomic E-state index is 0.0587. The molecule has 2 aliphatic heterocycles. The third-order valence-corrected chi connectivity index (χ3v) is 6.15. The quantitative estimate of drug-likeness (QED) is 0.540. The molecule has 2 N–H and O–H groups in total. The van der Waals surface area contributed by atoms with Crippen LogP contribution in [0.4, 0.5) is 0 Å². The molecule has 8 heteroatoms. The summed E-state index contributed by atoms with van der Waals surface area (Å²) in [5, 5.41) is 30.4. The molecule has 0 bridgehead atoms. The number of thioether (sulfide) groups is 1. The van der Waals surface area contributed by atoms with Crippen molar-refractivity contribution in [2.45, 2.75) is 31.0 Å². The molecule has 4 atom stereocenters. The Morgan fingerprint density at radius 3 is 2.80 bits per heavy atom. The van der Waals surface area contributed by atoms with E-state index in [-0.39, 0.29) is 23.6 Å². The van der Waals surface area contributed by atoms with Crippen molar-refractivity contribution < 1.29 is 19.8 Å². The number of carbonyl (C=O) groups is 2. The van der Waals surface area contributed by atoms with Gasteiger partial charge in [-0.3, -0.25) is 4.79 Å². The third kappa shape index (κ3) is 2.79. The van der Waals surface area contributed by atoms with Gasteiger partial charge in [-0.05, 0) is 24.6 Å². The highest BCUT2D eigenvalue weighted by Gasteiger charge is 2.58. The first-order valence-corrected chi connectivity index (χ1v) is 9.02. The van der Waals surface area contributed by atoms with Crippen LogP contribution in [-0.2, 0) is 16.6 Å². The molecule has 1 aromatic rings. The van der Waals surface area contributed by atoms with E-state index in [1.165, 1.54) is 16.7 Å². The van der Waals surface area contributed by atoms with Crippen molar-refractivity contribution in [2.75, 3.05) is 5.75 Å². The van der Waals surface area contributed by atoms with Crippen molar-refractivity contribution in [3.8, 4) is 0 Å². The van der Waals surface area contributed by atoms with Gasteiger partial charge in [0.05, 0.1) is 40.1 Å². The van der Waals surface area contributed by atoms with Gasteiger partial charge in [-0.25, -0.2) is 0 Å². The summed E-state index contributed by atoms with van der Waals surface area (Å²) in [6.45, 7) is 3.43. The van der Waals surface area contributed by atoms with Crippen LogP contribution >= 0.6 is 11.8 Å². The molecule has 3 rings (SSSR count). The van der Waals surface area contributed by atoms with Gasteiger partial charge >= 0.3 is 0 Å². The lowest BCUT2D eigenvalue weighted by molar-refractivity contribution is -0.301. The first-order valence-electron chi connectivity index (χ1n) is 8.03. The Morgan fingerprint density at radius 1 is 1.52 bits per heavy atom. The van der Waals surface area contributed by atoms with Crippen LogP contribution in [0.2, 0.25) is 0 Å². The first-order chi connectivity index (χ1) is 11.7. The molecule has 1 aromatic heterocycles. The Balaban J connectivity index is 1.89. The highest BCUT2D eigenvalue weighted by atomic mass is 32.2. The molecule has 3 heterocycles. The number of hydrogen-bond donors (Lipinski definition) is 2. The summed E-state index contributed by atoms with van der Waals surface area (Å²) in [5.41, 5.74) is 0.582. The minimum atomic E-state index is -1.36. The number of aryl methyl sites for hydroxylation is 1. The van der Waals surface area contributed by atoms with Gasteiger partial charge in [-0.2, -0.15) is 0 Å². The Kier molecular flexibility index (Phi) is 4.51. The maximum Gasteiger partial charge on any atom is 0.235 e. The van der Waals surface area contributed by atoms with Crippen LogP contribution in [0.15, 0.2) is 34.6 Å². The maximum absolute atomic E-state index is 12.3. The first kappa shape index (κ1) is 17.8. The minimum Gasteiger partial charge on any atom is -0.543 e. The van der Waals surface area contributed by atoms with Gasteiger partial charge in [0, 0.05) is 24.9 Å². The average Bonchev–Trinajstić information content (AvgIpc) is 2.77. The van der Waals surface area contributed by atoms with Crippen LogP contribution in [0.5, 0.6) is 0 Å². The molecule has 0 radical (unpaired) electrons. The predicted octanol–water partition coefficient (Wildman–Crippen LogP) is -0.542. The van der Waals surface area contributed by atoms with Crippen LogP contribution in [0.3, 0.4) is 0 Å². The number of carbonyl (C=O) groups excluding carboxylic acids is 2. The number of aliphatic hydroxyl groups is 1. The molecule has 7 nitrogen and oxygen atoms in total. The van der Waals surface area contributed by atoms with Crippen LogP contribution in [0.25, 0.3) is 0 Å². The largest absolute Gasteiger partial charge is 0.543 e. The monoisotopic (exact) mass is 362 g/mol. The van der Waals surface area contributed by atoms with E-state index < -0.39 is 18.0 Å².